The van der Waals surface area contributed by atoms with Gasteiger partial charge in [-0.15, -0.1) is 0 Å². The number of hydrogen-bond donors (Lipinski definition) is 3. The van der Waals surface area contributed by atoms with Crippen molar-refractivity contribution in [3.8, 4) is 0 Å². The number of aliphatic hydroxyl groups is 1. The lowest BCUT2D eigenvalue weighted by Gasteiger charge is -2.20. The Morgan fingerprint density at radius 2 is 1.96 bits per heavy atom. The van der Waals surface area contributed by atoms with Crippen LogP contribution >= 0.6 is 0 Å². The number of pyridine rings is 1. The number of hydrazine groups is 1. The number of aliphatic hydroxyl groups excluding tert-OH is 1. The Morgan fingerprint density at radius 3 is 2.70 bits per heavy atom. The third kappa shape index (κ3) is 4.18. The van der Waals surface area contributed by atoms with Crippen molar-refractivity contribution in [2.75, 3.05) is 13.1 Å². The Labute approximate surface area is 159 Å². The van der Waals surface area contributed by atoms with Crippen molar-refractivity contribution < 1.29 is 9.90 Å². The Morgan fingerprint density at radius 1 is 1.15 bits per heavy atom. The maximum absolute atomic E-state index is 12.9. The molecule has 4 rings (SSSR count). The van der Waals surface area contributed by atoms with Gasteiger partial charge in [0.05, 0.1) is 18.3 Å². The lowest BCUT2D eigenvalue weighted by molar-refractivity contribution is -0.132. The van der Waals surface area contributed by atoms with E-state index in [1.807, 2.05) is 35.2 Å². The van der Waals surface area contributed by atoms with Crippen LogP contribution in [0.1, 0.15) is 35.7 Å². The smallest absolute Gasteiger partial charge is 0.241 e. The highest BCUT2D eigenvalue weighted by Crippen LogP contribution is 2.25. The van der Waals surface area contributed by atoms with Crippen molar-refractivity contribution in [2.24, 2.45) is 5.92 Å². The Kier molecular flexibility index (Phi) is 5.48. The number of amides is 1. The summed E-state index contributed by atoms with van der Waals surface area (Å²) < 4.78 is 0. The molecule has 0 radical (unpaired) electrons. The molecule has 1 aromatic heterocycles. The van der Waals surface area contributed by atoms with Gasteiger partial charge < -0.3 is 10.0 Å². The molecule has 1 amide bonds. The third-order valence-corrected chi connectivity index (χ3v) is 5.57. The first-order valence-electron chi connectivity index (χ1n) is 9.62. The Hall–Kier alpha value is -2.28. The fraction of sp³-hybridized carbons (Fsp3) is 0.429. The molecule has 2 aromatic rings. The van der Waals surface area contributed by atoms with E-state index in [2.05, 4.69) is 28.0 Å². The van der Waals surface area contributed by atoms with E-state index in [1.165, 1.54) is 5.56 Å². The molecule has 27 heavy (non-hydrogen) atoms. The fourth-order valence-electron chi connectivity index (χ4n) is 4.03. The molecule has 2 fully saturated rings. The largest absolute Gasteiger partial charge is 0.392 e. The van der Waals surface area contributed by atoms with E-state index in [0.717, 1.165) is 43.6 Å². The molecule has 0 aliphatic carbocycles. The maximum Gasteiger partial charge on any atom is 0.241 e. The Bertz CT molecular complexity index is 766. The zero-order valence-corrected chi connectivity index (χ0v) is 15.3. The summed E-state index contributed by atoms with van der Waals surface area (Å²) in [6, 6.07) is 13.8. The van der Waals surface area contributed by atoms with Crippen molar-refractivity contribution in [1.82, 2.24) is 20.7 Å². The third-order valence-electron chi connectivity index (χ3n) is 5.57. The lowest BCUT2D eigenvalue weighted by atomic mass is 9.98. The van der Waals surface area contributed by atoms with Gasteiger partial charge in [-0.1, -0.05) is 30.3 Å². The number of aromatic nitrogens is 1. The minimum absolute atomic E-state index is 0.0728. The first kappa shape index (κ1) is 18.1. The van der Waals surface area contributed by atoms with Gasteiger partial charge in [0.2, 0.25) is 5.91 Å². The fourth-order valence-corrected chi connectivity index (χ4v) is 4.03. The maximum atomic E-state index is 12.9. The highest BCUT2D eigenvalue weighted by Gasteiger charge is 2.36. The van der Waals surface area contributed by atoms with Gasteiger partial charge in [0, 0.05) is 19.3 Å². The molecule has 142 valence electrons. The molecule has 2 saturated heterocycles. The molecule has 2 aliphatic heterocycles. The molecule has 2 aliphatic rings. The second-order valence-corrected chi connectivity index (χ2v) is 7.50. The van der Waals surface area contributed by atoms with Crippen LogP contribution < -0.4 is 10.9 Å². The van der Waals surface area contributed by atoms with Gasteiger partial charge in [0.15, 0.2) is 0 Å². The van der Waals surface area contributed by atoms with E-state index in [0.29, 0.717) is 5.92 Å². The van der Waals surface area contributed by atoms with Gasteiger partial charge in [-0.05, 0) is 48.4 Å². The van der Waals surface area contributed by atoms with Gasteiger partial charge in [-0.25, -0.2) is 10.9 Å². The predicted octanol–water partition coefficient (Wildman–Crippen LogP) is 1.57. The molecule has 6 heteroatoms. The van der Waals surface area contributed by atoms with Crippen molar-refractivity contribution in [2.45, 2.75) is 38.0 Å². The second kappa shape index (κ2) is 8.17. The summed E-state index contributed by atoms with van der Waals surface area (Å²) >= 11 is 0. The minimum atomic E-state index is -0.195. The van der Waals surface area contributed by atoms with Gasteiger partial charge in [-0.2, -0.15) is 0 Å². The van der Waals surface area contributed by atoms with E-state index < -0.39 is 0 Å². The minimum Gasteiger partial charge on any atom is -0.392 e. The average Bonchev–Trinajstić information content (AvgIpc) is 3.39. The lowest BCUT2D eigenvalue weighted by Crippen LogP contribution is -2.44. The summed E-state index contributed by atoms with van der Waals surface area (Å²) in [5.41, 5.74) is 9.53. The summed E-state index contributed by atoms with van der Waals surface area (Å²) in [7, 11) is 0. The van der Waals surface area contributed by atoms with E-state index in [1.54, 1.807) is 6.20 Å². The van der Waals surface area contributed by atoms with E-state index >= 15 is 0 Å². The Balaban J connectivity index is 1.30. The molecule has 3 N–H and O–H groups in total. The molecule has 0 saturated carbocycles. The number of nitrogens with one attached hydrogen (secondary N) is 2. The van der Waals surface area contributed by atoms with Crippen molar-refractivity contribution >= 4 is 5.91 Å². The van der Waals surface area contributed by atoms with E-state index in [4.69, 9.17) is 5.11 Å². The van der Waals surface area contributed by atoms with Gasteiger partial charge in [-0.3, -0.25) is 9.78 Å². The van der Waals surface area contributed by atoms with E-state index in [-0.39, 0.29) is 24.6 Å². The zero-order chi connectivity index (χ0) is 18.6. The molecule has 0 bridgehead atoms. The van der Waals surface area contributed by atoms with Crippen LogP contribution in [0, 0.1) is 5.92 Å². The quantitative estimate of drug-likeness (QED) is 0.749. The molecular formula is C21H26N4O2. The van der Waals surface area contributed by atoms with Crippen LogP contribution in [0.3, 0.4) is 0 Å². The van der Waals surface area contributed by atoms with Gasteiger partial charge in [0.25, 0.3) is 0 Å². The van der Waals surface area contributed by atoms with Gasteiger partial charge >= 0.3 is 0 Å². The molecular weight excluding hydrogens is 340 g/mol. The topological polar surface area (TPSA) is 77.5 Å². The summed E-state index contributed by atoms with van der Waals surface area (Å²) in [6.07, 6.45) is 4.52. The van der Waals surface area contributed by atoms with E-state index in [9.17, 15) is 4.79 Å². The summed E-state index contributed by atoms with van der Waals surface area (Å²) in [6.45, 7) is 1.71. The monoisotopic (exact) mass is 366 g/mol. The highest BCUT2D eigenvalue weighted by molar-refractivity contribution is 5.82. The second-order valence-electron chi connectivity index (χ2n) is 7.50. The normalized spacial score (nSPS) is 25.1. The van der Waals surface area contributed by atoms with Crippen LogP contribution in [0.2, 0.25) is 0 Å². The van der Waals surface area contributed by atoms with Crippen LogP contribution in [0.5, 0.6) is 0 Å². The van der Waals surface area contributed by atoms with Crippen LogP contribution in [0.4, 0.5) is 0 Å². The first-order valence-corrected chi connectivity index (χ1v) is 9.62. The van der Waals surface area contributed by atoms with Crippen molar-refractivity contribution in [3.63, 3.8) is 0 Å². The van der Waals surface area contributed by atoms with Crippen LogP contribution in [-0.2, 0) is 17.8 Å². The number of carbonyl (C=O) groups excluding carboxylic acids is 1. The highest BCUT2D eigenvalue weighted by atomic mass is 16.3. The molecule has 1 aromatic carbocycles. The van der Waals surface area contributed by atoms with Crippen LogP contribution in [0.25, 0.3) is 0 Å². The van der Waals surface area contributed by atoms with Crippen molar-refractivity contribution in [3.05, 3.63) is 65.5 Å². The molecule has 6 nitrogen and oxygen atoms in total. The molecule has 0 spiro atoms. The summed E-state index contributed by atoms with van der Waals surface area (Å²) in [5.74, 6) is 0.675. The standard InChI is InChI=1S/C21H26N4O2/c26-14-16-6-4-15(5-7-16)11-17-8-10-25(13-17)21(27)20-12-19(23-24-20)18-3-1-2-9-22-18/h1-7,9,17,19-20,23-24,26H,8,10-14H2. The van der Waals surface area contributed by atoms with Crippen LogP contribution in [0.15, 0.2) is 48.7 Å². The molecule has 3 heterocycles. The van der Waals surface area contributed by atoms with Crippen molar-refractivity contribution in [1.29, 1.82) is 0 Å². The number of likely N-dealkylation sites (tertiary alicyclic amines) is 1. The number of hydrogen-bond acceptors (Lipinski definition) is 5. The number of rotatable bonds is 5. The predicted molar refractivity (Wildman–Crippen MR) is 102 cm³/mol. The zero-order valence-electron chi connectivity index (χ0n) is 15.3. The number of carbonyl (C=O) groups is 1. The molecule has 3 unspecified atom stereocenters. The summed E-state index contributed by atoms with van der Waals surface area (Å²) in [5, 5.41) is 9.14. The van der Waals surface area contributed by atoms with Crippen LogP contribution in [-0.4, -0.2) is 40.0 Å². The summed E-state index contributed by atoms with van der Waals surface area (Å²) in [4.78, 5) is 19.3. The van der Waals surface area contributed by atoms with Gasteiger partial charge in [0.1, 0.15) is 6.04 Å². The number of nitrogens with zero attached hydrogens (tertiary/aromatic N) is 2. The first-order chi connectivity index (χ1) is 13.2. The number of benzene rings is 1. The SMILES string of the molecule is O=C(C1CC(c2ccccn2)NN1)N1CCC(Cc2ccc(CO)cc2)C1. The average molecular weight is 366 g/mol. The molecule has 3 atom stereocenters.